The number of hydrogen-bond donors (Lipinski definition) is 4. The molecule has 0 bridgehead atoms. The second kappa shape index (κ2) is 18.1. The van der Waals surface area contributed by atoms with Gasteiger partial charge in [0.2, 0.25) is 0 Å². The van der Waals surface area contributed by atoms with Gasteiger partial charge in [-0.05, 0) is 134 Å². The fraction of sp³-hybridized carbons (Fsp3) is 0.619. The normalized spacial score (nSPS) is 21.8. The van der Waals surface area contributed by atoms with Crippen LogP contribution in [0.3, 0.4) is 0 Å². The highest BCUT2D eigenvalue weighted by Crippen LogP contribution is 2.45. The highest BCUT2D eigenvalue weighted by molar-refractivity contribution is 9.10. The lowest BCUT2D eigenvalue weighted by Gasteiger charge is -2.41. The van der Waals surface area contributed by atoms with Crippen molar-refractivity contribution in [3.8, 4) is 0 Å². The minimum absolute atomic E-state index is 0.0162. The number of hydrogen-bond acceptors (Lipinski definition) is 12. The summed E-state index contributed by atoms with van der Waals surface area (Å²) in [4.78, 5) is 38.2. The molecule has 58 heavy (non-hydrogen) atoms. The van der Waals surface area contributed by atoms with Crippen molar-refractivity contribution < 1.29 is 28.4 Å². The van der Waals surface area contributed by atoms with Crippen LogP contribution >= 0.6 is 15.9 Å². The summed E-state index contributed by atoms with van der Waals surface area (Å²) in [5.41, 5.74) is 1.76. The average molecular weight is 866 g/mol. The SMILES string of the molecule is CC(Cc1ccc2ncc(/C(C=N)=C/NC3CCN(C(=O)OC(C)(C)C)CC3)nc2c1Br)C1(C)OB(/C(C=N)=C/NC2CCN(C(=O)OC(C)(C)C)CC2)OC1(C)C. The fourth-order valence-electron chi connectivity index (χ4n) is 7.43. The quantitative estimate of drug-likeness (QED) is 0.130. The summed E-state index contributed by atoms with van der Waals surface area (Å²) in [6.07, 6.45) is 11.0. The first-order valence-electron chi connectivity index (χ1n) is 20.3. The largest absolute Gasteiger partial charge is 0.497 e. The average Bonchev–Trinajstić information content (AvgIpc) is 3.40. The molecule has 4 heterocycles. The minimum atomic E-state index is -0.736. The number of nitrogens with zero attached hydrogens (tertiary/aromatic N) is 4. The number of piperidine rings is 2. The first-order valence-corrected chi connectivity index (χ1v) is 21.1. The number of rotatable bonds is 11. The molecule has 2 aromatic rings. The third-order valence-electron chi connectivity index (χ3n) is 11.3. The molecular weight excluding hydrogens is 803 g/mol. The van der Waals surface area contributed by atoms with E-state index in [1.54, 1.807) is 16.0 Å². The van der Waals surface area contributed by atoms with E-state index in [1.165, 1.54) is 12.4 Å². The van der Waals surface area contributed by atoms with Gasteiger partial charge in [-0.3, -0.25) is 4.98 Å². The van der Waals surface area contributed by atoms with Crippen LogP contribution in [0, 0.1) is 16.7 Å². The molecule has 4 N–H and O–H groups in total. The van der Waals surface area contributed by atoms with Crippen LogP contribution in [0.25, 0.3) is 16.6 Å². The van der Waals surface area contributed by atoms with Crippen molar-refractivity contribution in [2.24, 2.45) is 5.92 Å². The summed E-state index contributed by atoms with van der Waals surface area (Å²) >= 11 is 3.85. The lowest BCUT2D eigenvalue weighted by Crippen LogP contribution is -2.50. The van der Waals surface area contributed by atoms with Crippen LogP contribution in [-0.2, 0) is 25.2 Å². The highest BCUT2D eigenvalue weighted by atomic mass is 79.9. The summed E-state index contributed by atoms with van der Waals surface area (Å²) < 4.78 is 25.2. The second-order valence-electron chi connectivity index (χ2n) is 18.3. The Balaban J connectivity index is 1.22. The second-order valence-corrected chi connectivity index (χ2v) is 19.1. The van der Waals surface area contributed by atoms with Gasteiger partial charge in [0.25, 0.3) is 0 Å². The predicted molar refractivity (Wildman–Crippen MR) is 232 cm³/mol. The number of amides is 2. The molecule has 5 rings (SSSR count). The van der Waals surface area contributed by atoms with E-state index in [-0.39, 0.29) is 30.2 Å². The zero-order valence-corrected chi connectivity index (χ0v) is 37.4. The zero-order valence-electron chi connectivity index (χ0n) is 35.8. The van der Waals surface area contributed by atoms with Crippen LogP contribution in [0.4, 0.5) is 9.59 Å². The molecule has 2 amide bonds. The molecule has 3 saturated heterocycles. The van der Waals surface area contributed by atoms with E-state index in [0.29, 0.717) is 54.9 Å². The van der Waals surface area contributed by atoms with E-state index in [0.717, 1.165) is 41.2 Å². The standard InChI is InChI=1S/C42H62BBrN8O6/c1-27(42(10)41(8,9)57-43(58-42)30(23-46)25-48-32-15-19-52(20-16-32)38(54)56-40(5,6)7)21-28-11-12-33-36(35(28)44)50-34(26-49-33)29(22-45)24-47-31-13-17-51(18-14-31)37(53)55-39(2,3)4/h11-12,22-27,31-32,45-48H,13-21H2,1-10H3/b29-24+,30-25+,45-22?,46-23?. The smallest absolute Gasteiger partial charge is 0.444 e. The zero-order chi connectivity index (χ0) is 42.6. The molecule has 0 aliphatic carbocycles. The van der Waals surface area contributed by atoms with Gasteiger partial charge in [-0.25, -0.2) is 14.6 Å². The topological polar surface area (TPSA) is 175 Å². The Bertz CT molecular complexity index is 1900. The first-order chi connectivity index (χ1) is 27.1. The number of carbonyl (C=O) groups excluding carboxylic acids is 2. The summed E-state index contributed by atoms with van der Waals surface area (Å²) in [6, 6.07) is 4.30. The number of nitrogens with one attached hydrogen (secondary N) is 4. The van der Waals surface area contributed by atoms with Crippen LogP contribution in [0.2, 0.25) is 0 Å². The van der Waals surface area contributed by atoms with Gasteiger partial charge in [0.15, 0.2) is 0 Å². The van der Waals surface area contributed by atoms with E-state index in [4.69, 9.17) is 34.6 Å². The monoisotopic (exact) mass is 864 g/mol. The van der Waals surface area contributed by atoms with Gasteiger partial charge < -0.3 is 50.0 Å². The van der Waals surface area contributed by atoms with Crippen LogP contribution in [0.5, 0.6) is 0 Å². The third-order valence-corrected chi connectivity index (χ3v) is 12.2. The number of benzene rings is 1. The number of allylic oxidation sites excluding steroid dienone is 2. The minimum Gasteiger partial charge on any atom is -0.444 e. The molecular formula is C42H62BBrN8O6. The van der Waals surface area contributed by atoms with E-state index < -0.39 is 29.5 Å². The van der Waals surface area contributed by atoms with Crippen molar-refractivity contribution in [2.45, 2.75) is 136 Å². The van der Waals surface area contributed by atoms with Crippen molar-refractivity contribution >= 4 is 64.3 Å². The number of fused-ring (bicyclic) bond motifs is 1. The van der Waals surface area contributed by atoms with Crippen LogP contribution in [0.1, 0.15) is 106 Å². The third kappa shape index (κ3) is 11.0. The van der Waals surface area contributed by atoms with E-state index in [9.17, 15) is 9.59 Å². The molecule has 1 aromatic carbocycles. The maximum Gasteiger partial charge on any atom is 0.497 e. The summed E-state index contributed by atoms with van der Waals surface area (Å²) in [5, 5.41) is 23.3. The molecule has 3 fully saturated rings. The molecule has 316 valence electrons. The number of aromatic nitrogens is 2. The van der Waals surface area contributed by atoms with Crippen LogP contribution in [-0.4, -0.2) is 112 Å². The Hall–Kier alpha value is -4.02. The van der Waals surface area contributed by atoms with Crippen molar-refractivity contribution in [2.75, 3.05) is 26.2 Å². The first kappa shape index (κ1) is 45.1. The molecule has 3 aliphatic heterocycles. The van der Waals surface area contributed by atoms with E-state index in [2.05, 4.69) is 51.5 Å². The molecule has 14 nitrogen and oxygen atoms in total. The lowest BCUT2D eigenvalue weighted by molar-refractivity contribution is -0.0488. The summed E-state index contributed by atoms with van der Waals surface area (Å²) in [7, 11) is -0.736. The maximum atomic E-state index is 12.5. The molecule has 16 heteroatoms. The maximum absolute atomic E-state index is 12.5. The Morgan fingerprint density at radius 3 is 1.95 bits per heavy atom. The van der Waals surface area contributed by atoms with Gasteiger partial charge >= 0.3 is 19.3 Å². The molecule has 0 spiro atoms. The van der Waals surface area contributed by atoms with Crippen LogP contribution < -0.4 is 10.6 Å². The number of halogens is 1. The van der Waals surface area contributed by atoms with Gasteiger partial charge in [-0.2, -0.15) is 0 Å². The number of likely N-dealkylation sites (tertiary alicyclic amines) is 2. The molecule has 1 aromatic heterocycles. The van der Waals surface area contributed by atoms with Gasteiger partial charge in [0, 0.05) is 72.4 Å². The molecule has 2 atom stereocenters. The van der Waals surface area contributed by atoms with Gasteiger partial charge in [-0.15, -0.1) is 0 Å². The fourth-order valence-corrected chi connectivity index (χ4v) is 8.01. The van der Waals surface area contributed by atoms with Gasteiger partial charge in [-0.1, -0.05) is 13.0 Å². The Kier molecular flexibility index (Phi) is 14.1. The predicted octanol–water partition coefficient (Wildman–Crippen LogP) is 7.68. The number of carbonyl (C=O) groups is 2. The Morgan fingerprint density at radius 2 is 1.45 bits per heavy atom. The summed E-state index contributed by atoms with van der Waals surface area (Å²) in [6.45, 7) is 21.9. The Morgan fingerprint density at radius 1 is 0.914 bits per heavy atom. The molecule has 0 saturated carbocycles. The van der Waals surface area contributed by atoms with E-state index >= 15 is 0 Å². The highest BCUT2D eigenvalue weighted by Gasteiger charge is 2.57. The van der Waals surface area contributed by atoms with Crippen molar-refractivity contribution in [3.05, 3.63) is 51.9 Å². The van der Waals surface area contributed by atoms with Gasteiger partial charge in [0.05, 0.1) is 28.6 Å². The number of ether oxygens (including phenoxy) is 2. The molecule has 3 aliphatic rings. The molecule has 0 radical (unpaired) electrons. The van der Waals surface area contributed by atoms with Crippen molar-refractivity contribution in [1.82, 2.24) is 30.4 Å². The lowest BCUT2D eigenvalue weighted by atomic mass is 9.75. The van der Waals surface area contributed by atoms with Crippen molar-refractivity contribution in [3.63, 3.8) is 0 Å². The molecule has 2 unspecified atom stereocenters. The van der Waals surface area contributed by atoms with E-state index in [1.807, 2.05) is 73.9 Å². The van der Waals surface area contributed by atoms with Crippen LogP contribution in [0.15, 0.2) is 40.7 Å². The van der Waals surface area contributed by atoms with Gasteiger partial charge in [0.1, 0.15) is 16.7 Å². The summed E-state index contributed by atoms with van der Waals surface area (Å²) in [5.74, 6) is -0.0162. The van der Waals surface area contributed by atoms with Crippen molar-refractivity contribution in [1.29, 1.82) is 10.8 Å². The Labute approximate surface area is 352 Å².